The van der Waals surface area contributed by atoms with Crippen molar-refractivity contribution in [2.75, 3.05) is 20.8 Å². The zero-order valence-corrected chi connectivity index (χ0v) is 13.0. The molecule has 4 heteroatoms. The minimum absolute atomic E-state index is 0.0814. The summed E-state index contributed by atoms with van der Waals surface area (Å²) >= 11 is 0. The second kappa shape index (κ2) is 6.28. The van der Waals surface area contributed by atoms with E-state index < -0.39 is 0 Å². The topological polar surface area (TPSA) is 53.7 Å². The fourth-order valence-corrected chi connectivity index (χ4v) is 2.86. The molecule has 0 fully saturated rings. The molecule has 1 heterocycles. The molecule has 2 aromatic carbocycles. The summed E-state index contributed by atoms with van der Waals surface area (Å²) in [6.07, 6.45) is 2.04. The van der Waals surface area contributed by atoms with Crippen molar-refractivity contribution >= 4 is 0 Å². The number of rotatable bonds is 4. The Labute approximate surface area is 130 Å². The van der Waals surface area contributed by atoms with Crippen LogP contribution in [0.1, 0.15) is 12.0 Å². The summed E-state index contributed by atoms with van der Waals surface area (Å²) in [5, 5.41) is 0. The van der Waals surface area contributed by atoms with Crippen LogP contribution in [0.2, 0.25) is 0 Å². The first kappa shape index (κ1) is 14.7. The van der Waals surface area contributed by atoms with Crippen molar-refractivity contribution < 1.29 is 14.2 Å². The highest BCUT2D eigenvalue weighted by Crippen LogP contribution is 2.42. The smallest absolute Gasteiger partial charge is 0.130 e. The highest BCUT2D eigenvalue weighted by Gasteiger charge is 2.23. The summed E-state index contributed by atoms with van der Waals surface area (Å²) in [4.78, 5) is 0. The van der Waals surface area contributed by atoms with Crippen LogP contribution in [0.4, 0.5) is 0 Å². The molecule has 1 aliphatic rings. The van der Waals surface area contributed by atoms with Crippen molar-refractivity contribution in [1.29, 1.82) is 0 Å². The summed E-state index contributed by atoms with van der Waals surface area (Å²) in [5.74, 6) is 2.46. The molecule has 0 spiro atoms. The molecule has 2 N–H and O–H groups in total. The molecule has 0 unspecified atom stereocenters. The third-order valence-corrected chi connectivity index (χ3v) is 4.08. The molecule has 1 aliphatic heterocycles. The van der Waals surface area contributed by atoms with Crippen LogP contribution in [0.15, 0.2) is 36.4 Å². The number of benzene rings is 2. The lowest BCUT2D eigenvalue weighted by Gasteiger charge is -2.27. The van der Waals surface area contributed by atoms with Crippen LogP contribution in [-0.2, 0) is 6.42 Å². The first-order valence-electron chi connectivity index (χ1n) is 7.47. The van der Waals surface area contributed by atoms with Gasteiger partial charge in [0.15, 0.2) is 0 Å². The standard InChI is InChI=1S/C18H21NO3/c1-20-13-8-9-15(17(10-13)21-2)16-5-3-4-12-6-7-14(11-19)22-18(12)16/h3-5,8-10,14H,6-7,11,19H2,1-2H3/t14-/m0/s1. The number of nitrogens with two attached hydrogens (primary N) is 1. The number of hydrogen-bond donors (Lipinski definition) is 1. The molecule has 0 radical (unpaired) electrons. The van der Waals surface area contributed by atoms with Crippen molar-refractivity contribution in [3.05, 3.63) is 42.0 Å². The molecule has 3 rings (SSSR count). The van der Waals surface area contributed by atoms with Gasteiger partial charge in [-0.05, 0) is 30.5 Å². The van der Waals surface area contributed by atoms with Crippen molar-refractivity contribution in [1.82, 2.24) is 0 Å². The van der Waals surface area contributed by atoms with Gasteiger partial charge in [-0.25, -0.2) is 0 Å². The van der Waals surface area contributed by atoms with Crippen LogP contribution in [0.3, 0.4) is 0 Å². The predicted octanol–water partition coefficient (Wildman–Crippen LogP) is 3.02. The van der Waals surface area contributed by atoms with Gasteiger partial charge in [0, 0.05) is 23.7 Å². The Balaban J connectivity index is 2.09. The second-order valence-electron chi connectivity index (χ2n) is 5.37. The summed E-state index contributed by atoms with van der Waals surface area (Å²) < 4.78 is 16.9. The average molecular weight is 299 g/mol. The number of hydrogen-bond acceptors (Lipinski definition) is 4. The molecule has 0 saturated carbocycles. The van der Waals surface area contributed by atoms with E-state index >= 15 is 0 Å². The molecule has 0 aliphatic carbocycles. The number of ether oxygens (including phenoxy) is 3. The van der Waals surface area contributed by atoms with Crippen LogP contribution in [0, 0.1) is 0 Å². The Kier molecular flexibility index (Phi) is 4.20. The second-order valence-corrected chi connectivity index (χ2v) is 5.37. The van der Waals surface area contributed by atoms with Gasteiger partial charge in [0.05, 0.1) is 14.2 Å². The first-order chi connectivity index (χ1) is 10.8. The maximum Gasteiger partial charge on any atom is 0.130 e. The number of fused-ring (bicyclic) bond motifs is 1. The lowest BCUT2D eigenvalue weighted by atomic mass is 9.95. The summed E-state index contributed by atoms with van der Waals surface area (Å²) in [7, 11) is 3.31. The van der Waals surface area contributed by atoms with Crippen LogP contribution in [0.25, 0.3) is 11.1 Å². The van der Waals surface area contributed by atoms with E-state index in [9.17, 15) is 0 Å². The largest absolute Gasteiger partial charge is 0.497 e. The lowest BCUT2D eigenvalue weighted by molar-refractivity contribution is 0.182. The molecule has 2 aromatic rings. The van der Waals surface area contributed by atoms with E-state index in [4.69, 9.17) is 19.9 Å². The van der Waals surface area contributed by atoms with Crippen LogP contribution >= 0.6 is 0 Å². The van der Waals surface area contributed by atoms with Gasteiger partial charge in [-0.2, -0.15) is 0 Å². The van der Waals surface area contributed by atoms with Crippen molar-refractivity contribution in [2.24, 2.45) is 5.73 Å². The van der Waals surface area contributed by atoms with Gasteiger partial charge in [-0.3, -0.25) is 0 Å². The molecular weight excluding hydrogens is 278 g/mol. The Bertz CT molecular complexity index is 669. The molecule has 0 aromatic heterocycles. The summed E-state index contributed by atoms with van der Waals surface area (Å²) in [6, 6.07) is 12.1. The maximum absolute atomic E-state index is 6.11. The quantitative estimate of drug-likeness (QED) is 0.943. The van der Waals surface area contributed by atoms with Gasteiger partial charge in [-0.15, -0.1) is 0 Å². The Morgan fingerprint density at radius 1 is 1.14 bits per heavy atom. The number of aryl methyl sites for hydroxylation is 1. The van der Waals surface area contributed by atoms with Crippen LogP contribution < -0.4 is 19.9 Å². The minimum atomic E-state index is 0.0814. The van der Waals surface area contributed by atoms with Gasteiger partial charge >= 0.3 is 0 Å². The van der Waals surface area contributed by atoms with Gasteiger partial charge in [-0.1, -0.05) is 18.2 Å². The van der Waals surface area contributed by atoms with E-state index in [1.807, 2.05) is 18.2 Å². The third kappa shape index (κ3) is 2.62. The van der Waals surface area contributed by atoms with E-state index in [0.717, 1.165) is 41.2 Å². The zero-order valence-electron chi connectivity index (χ0n) is 13.0. The molecule has 22 heavy (non-hydrogen) atoms. The zero-order chi connectivity index (χ0) is 15.5. The van der Waals surface area contributed by atoms with E-state index in [0.29, 0.717) is 6.54 Å². The van der Waals surface area contributed by atoms with E-state index in [1.165, 1.54) is 5.56 Å². The molecule has 4 nitrogen and oxygen atoms in total. The molecule has 0 saturated heterocycles. The summed E-state index contributed by atoms with van der Waals surface area (Å²) in [5.41, 5.74) is 9.03. The normalized spacial score (nSPS) is 16.6. The Morgan fingerprint density at radius 3 is 2.73 bits per heavy atom. The third-order valence-electron chi connectivity index (χ3n) is 4.08. The van der Waals surface area contributed by atoms with Gasteiger partial charge in [0.2, 0.25) is 0 Å². The predicted molar refractivity (Wildman–Crippen MR) is 86.8 cm³/mol. The van der Waals surface area contributed by atoms with E-state index in [2.05, 4.69) is 18.2 Å². The summed E-state index contributed by atoms with van der Waals surface area (Å²) in [6.45, 7) is 0.535. The van der Waals surface area contributed by atoms with Gasteiger partial charge in [0.1, 0.15) is 23.4 Å². The van der Waals surface area contributed by atoms with Crippen molar-refractivity contribution in [2.45, 2.75) is 18.9 Å². The van der Waals surface area contributed by atoms with Crippen LogP contribution in [0.5, 0.6) is 17.2 Å². The molecule has 0 bridgehead atoms. The van der Waals surface area contributed by atoms with E-state index in [-0.39, 0.29) is 6.10 Å². The van der Waals surface area contributed by atoms with Crippen molar-refractivity contribution in [3.8, 4) is 28.4 Å². The molecule has 1 atom stereocenters. The van der Waals surface area contributed by atoms with Crippen LogP contribution in [-0.4, -0.2) is 26.9 Å². The maximum atomic E-state index is 6.11. The Hall–Kier alpha value is -2.20. The Morgan fingerprint density at radius 2 is 2.00 bits per heavy atom. The molecular formula is C18H21NO3. The fourth-order valence-electron chi connectivity index (χ4n) is 2.86. The molecule has 116 valence electrons. The number of methoxy groups -OCH3 is 2. The highest BCUT2D eigenvalue weighted by atomic mass is 16.5. The monoisotopic (exact) mass is 299 g/mol. The average Bonchev–Trinajstić information content (AvgIpc) is 2.60. The number of para-hydroxylation sites is 1. The lowest BCUT2D eigenvalue weighted by Crippen LogP contribution is -2.30. The van der Waals surface area contributed by atoms with Gasteiger partial charge in [0.25, 0.3) is 0 Å². The first-order valence-corrected chi connectivity index (χ1v) is 7.47. The molecule has 0 amide bonds. The SMILES string of the molecule is COc1ccc(-c2cccc3c2O[C@H](CN)CC3)c(OC)c1. The minimum Gasteiger partial charge on any atom is -0.497 e. The fraction of sp³-hybridized carbons (Fsp3) is 0.333. The highest BCUT2D eigenvalue weighted by molar-refractivity contribution is 5.78. The van der Waals surface area contributed by atoms with Crippen molar-refractivity contribution in [3.63, 3.8) is 0 Å². The van der Waals surface area contributed by atoms with E-state index in [1.54, 1.807) is 14.2 Å². The van der Waals surface area contributed by atoms with Gasteiger partial charge < -0.3 is 19.9 Å².